The number of nitrogens with zero attached hydrogens (tertiary/aromatic N) is 3. The summed E-state index contributed by atoms with van der Waals surface area (Å²) in [4.78, 5) is 31.1. The predicted molar refractivity (Wildman–Crippen MR) is 118 cm³/mol. The maximum Gasteiger partial charge on any atom is 0.487 e. The molecule has 0 radical (unpaired) electrons. The Bertz CT molecular complexity index is 1090. The Kier molecular flexibility index (Phi) is 6.05. The topological polar surface area (TPSA) is 71.6 Å². The molecule has 8 nitrogen and oxygen atoms in total. The molecule has 0 bridgehead atoms. The summed E-state index contributed by atoms with van der Waals surface area (Å²) >= 11 is 4.77. The SMILES string of the molecule is O=C1CC(N2CCN(Cc3ccc4c(c3)OCO4)CC2)C(=O)N1c1ccc(OC(F)(F)Cl)cc1. The number of ether oxygens (including phenoxy) is 3. The van der Waals surface area contributed by atoms with E-state index in [-0.39, 0.29) is 30.8 Å². The molecule has 3 aliphatic heterocycles. The first-order chi connectivity index (χ1) is 16.3. The number of imide groups is 1. The van der Waals surface area contributed by atoms with Crippen LogP contribution in [0.1, 0.15) is 12.0 Å². The van der Waals surface area contributed by atoms with Crippen LogP contribution in [-0.2, 0) is 16.1 Å². The van der Waals surface area contributed by atoms with Gasteiger partial charge in [0.25, 0.3) is 5.91 Å². The van der Waals surface area contributed by atoms with E-state index in [1.807, 2.05) is 23.1 Å². The summed E-state index contributed by atoms with van der Waals surface area (Å²) in [5, 5.41) is 0. The zero-order valence-corrected chi connectivity index (χ0v) is 18.8. The van der Waals surface area contributed by atoms with Crippen LogP contribution in [0.25, 0.3) is 0 Å². The Hall–Kier alpha value is -2.95. The molecule has 2 aromatic rings. The lowest BCUT2D eigenvalue weighted by Gasteiger charge is -2.37. The van der Waals surface area contributed by atoms with Gasteiger partial charge in [-0.05, 0) is 42.0 Å². The highest BCUT2D eigenvalue weighted by atomic mass is 35.5. The molecule has 2 aromatic carbocycles. The fraction of sp³-hybridized carbons (Fsp3) is 0.391. The number of carbonyl (C=O) groups excluding carboxylic acids is 2. The van der Waals surface area contributed by atoms with Gasteiger partial charge in [-0.15, -0.1) is 8.78 Å². The molecule has 1 atom stereocenters. The molecule has 3 aliphatic rings. The number of alkyl halides is 3. The van der Waals surface area contributed by atoms with Gasteiger partial charge in [0.05, 0.1) is 18.2 Å². The molecule has 2 saturated heterocycles. The van der Waals surface area contributed by atoms with Gasteiger partial charge >= 0.3 is 5.57 Å². The third-order valence-electron chi connectivity index (χ3n) is 6.14. The molecule has 0 aliphatic carbocycles. The van der Waals surface area contributed by atoms with Crippen molar-refractivity contribution in [2.75, 3.05) is 37.9 Å². The minimum Gasteiger partial charge on any atom is -0.454 e. The van der Waals surface area contributed by atoms with Crippen molar-refractivity contribution >= 4 is 29.1 Å². The van der Waals surface area contributed by atoms with E-state index in [1.165, 1.54) is 24.3 Å². The molecule has 180 valence electrons. The average Bonchev–Trinajstić information content (AvgIpc) is 3.37. The fourth-order valence-corrected chi connectivity index (χ4v) is 4.59. The Morgan fingerprint density at radius 1 is 1.00 bits per heavy atom. The first kappa shape index (κ1) is 22.8. The number of rotatable bonds is 6. The lowest BCUT2D eigenvalue weighted by atomic mass is 10.1. The first-order valence-electron chi connectivity index (χ1n) is 10.8. The Balaban J connectivity index is 1.18. The second kappa shape index (κ2) is 9.01. The molecular weight excluding hydrogens is 472 g/mol. The quantitative estimate of drug-likeness (QED) is 0.452. The number of hydrogen-bond donors (Lipinski definition) is 0. The summed E-state index contributed by atoms with van der Waals surface area (Å²) in [5.74, 6) is 0.696. The Morgan fingerprint density at radius 3 is 2.41 bits per heavy atom. The number of carbonyl (C=O) groups is 2. The zero-order chi connectivity index (χ0) is 23.9. The molecule has 2 fully saturated rings. The zero-order valence-electron chi connectivity index (χ0n) is 18.1. The third kappa shape index (κ3) is 4.79. The van der Waals surface area contributed by atoms with Crippen molar-refractivity contribution in [3.8, 4) is 17.2 Å². The monoisotopic (exact) mass is 493 g/mol. The lowest BCUT2D eigenvalue weighted by Crippen LogP contribution is -2.52. The Morgan fingerprint density at radius 2 is 1.71 bits per heavy atom. The maximum absolute atomic E-state index is 13.1. The molecular formula is C23H22ClF2N3O5. The van der Waals surface area contributed by atoms with Crippen LogP contribution in [0.3, 0.4) is 0 Å². The number of piperazine rings is 1. The maximum atomic E-state index is 13.1. The van der Waals surface area contributed by atoms with Crippen LogP contribution in [-0.4, -0.2) is 66.2 Å². The van der Waals surface area contributed by atoms with Gasteiger partial charge in [0.15, 0.2) is 11.5 Å². The van der Waals surface area contributed by atoms with E-state index in [0.717, 1.165) is 41.6 Å². The number of halogens is 3. The summed E-state index contributed by atoms with van der Waals surface area (Å²) in [7, 11) is 0. The molecule has 2 amide bonds. The highest BCUT2D eigenvalue weighted by Crippen LogP contribution is 2.33. The van der Waals surface area contributed by atoms with Crippen LogP contribution < -0.4 is 19.1 Å². The van der Waals surface area contributed by atoms with E-state index < -0.39 is 11.6 Å². The fourth-order valence-electron chi connectivity index (χ4n) is 4.50. The van der Waals surface area contributed by atoms with Gasteiger partial charge in [0, 0.05) is 44.3 Å². The average molecular weight is 494 g/mol. The molecule has 0 N–H and O–H groups in total. The van der Waals surface area contributed by atoms with Crippen molar-refractivity contribution in [1.82, 2.24) is 9.80 Å². The van der Waals surface area contributed by atoms with E-state index in [9.17, 15) is 18.4 Å². The number of hydrogen-bond acceptors (Lipinski definition) is 7. The standard InChI is InChI=1S/C23H22ClF2N3O5/c24-23(25,26)34-17-4-2-16(3-5-17)29-21(30)12-18(22(29)31)28-9-7-27(8-10-28)13-15-1-6-19-20(11-15)33-14-32-19/h1-6,11,18H,7-10,12-14H2. The smallest absolute Gasteiger partial charge is 0.454 e. The highest BCUT2D eigenvalue weighted by molar-refractivity contribution is 6.22. The summed E-state index contributed by atoms with van der Waals surface area (Å²) < 4.78 is 40.7. The van der Waals surface area contributed by atoms with E-state index in [2.05, 4.69) is 9.64 Å². The van der Waals surface area contributed by atoms with Crippen molar-refractivity contribution in [1.29, 1.82) is 0 Å². The predicted octanol–water partition coefficient (Wildman–Crippen LogP) is 3.03. The van der Waals surface area contributed by atoms with Crippen LogP contribution >= 0.6 is 11.6 Å². The molecule has 11 heteroatoms. The largest absolute Gasteiger partial charge is 0.487 e. The molecule has 1 unspecified atom stereocenters. The molecule has 0 aromatic heterocycles. The molecule has 0 saturated carbocycles. The second-order valence-electron chi connectivity index (χ2n) is 8.33. The minimum absolute atomic E-state index is 0.0823. The van der Waals surface area contributed by atoms with Gasteiger partial charge in [-0.3, -0.25) is 19.4 Å². The van der Waals surface area contributed by atoms with E-state index in [4.69, 9.17) is 21.1 Å². The summed E-state index contributed by atoms with van der Waals surface area (Å²) in [6, 6.07) is 10.6. The van der Waals surface area contributed by atoms with Crippen molar-refractivity contribution in [2.24, 2.45) is 0 Å². The number of amides is 2. The van der Waals surface area contributed by atoms with Crippen molar-refractivity contribution < 1.29 is 32.6 Å². The third-order valence-corrected chi connectivity index (χ3v) is 6.22. The van der Waals surface area contributed by atoms with Gasteiger partial charge < -0.3 is 14.2 Å². The second-order valence-corrected chi connectivity index (χ2v) is 8.77. The van der Waals surface area contributed by atoms with E-state index in [1.54, 1.807) is 0 Å². The summed E-state index contributed by atoms with van der Waals surface area (Å²) in [6.45, 7) is 3.81. The van der Waals surface area contributed by atoms with Crippen molar-refractivity contribution in [3.05, 3.63) is 48.0 Å². The molecule has 0 spiro atoms. The first-order valence-corrected chi connectivity index (χ1v) is 11.2. The van der Waals surface area contributed by atoms with Crippen LogP contribution in [0.5, 0.6) is 17.2 Å². The van der Waals surface area contributed by atoms with Crippen LogP contribution in [0, 0.1) is 0 Å². The molecule has 34 heavy (non-hydrogen) atoms. The molecule has 5 rings (SSSR count). The number of anilines is 1. The van der Waals surface area contributed by atoms with Crippen molar-refractivity contribution in [3.63, 3.8) is 0 Å². The number of fused-ring (bicyclic) bond motifs is 1. The Labute approximate surface area is 199 Å². The van der Waals surface area contributed by atoms with Crippen LogP contribution in [0.15, 0.2) is 42.5 Å². The van der Waals surface area contributed by atoms with Gasteiger partial charge in [-0.1, -0.05) is 6.07 Å². The normalized spacial score (nSPS) is 21.4. The molecule has 3 heterocycles. The highest BCUT2D eigenvalue weighted by Gasteiger charge is 2.43. The summed E-state index contributed by atoms with van der Waals surface area (Å²) in [5.41, 5.74) is -2.41. The lowest BCUT2D eigenvalue weighted by molar-refractivity contribution is -0.123. The van der Waals surface area contributed by atoms with E-state index in [0.29, 0.717) is 18.8 Å². The van der Waals surface area contributed by atoms with Gasteiger partial charge in [0.2, 0.25) is 12.7 Å². The number of benzene rings is 2. The van der Waals surface area contributed by atoms with Gasteiger partial charge in [0.1, 0.15) is 5.75 Å². The summed E-state index contributed by atoms with van der Waals surface area (Å²) in [6.07, 6.45) is 0.0823. The van der Waals surface area contributed by atoms with Crippen molar-refractivity contribution in [2.45, 2.75) is 24.6 Å². The van der Waals surface area contributed by atoms with Crippen LogP contribution in [0.4, 0.5) is 14.5 Å². The van der Waals surface area contributed by atoms with E-state index >= 15 is 0 Å². The van der Waals surface area contributed by atoms with Crippen LogP contribution in [0.2, 0.25) is 0 Å². The minimum atomic E-state index is -3.84. The van der Waals surface area contributed by atoms with Gasteiger partial charge in [-0.25, -0.2) is 4.90 Å². The van der Waals surface area contributed by atoms with Gasteiger partial charge in [-0.2, -0.15) is 0 Å².